The first-order valence-corrected chi connectivity index (χ1v) is 10.6. The van der Waals surface area contributed by atoms with Gasteiger partial charge in [0, 0.05) is 5.56 Å². The molecule has 5 rings (SSSR count). The van der Waals surface area contributed by atoms with Gasteiger partial charge in [0.1, 0.15) is 5.75 Å². The van der Waals surface area contributed by atoms with Crippen molar-refractivity contribution in [3.8, 4) is 34.1 Å². The molecule has 0 bridgehead atoms. The van der Waals surface area contributed by atoms with E-state index in [0.29, 0.717) is 33.2 Å². The van der Waals surface area contributed by atoms with Gasteiger partial charge in [-0.25, -0.2) is 9.78 Å². The minimum Gasteiger partial charge on any atom is -0.478 e. The second kappa shape index (κ2) is 8.41. The zero-order valence-corrected chi connectivity index (χ0v) is 18.3. The molecule has 2 heterocycles. The largest absolute Gasteiger partial charge is 0.478 e. The molecule has 0 aliphatic rings. The van der Waals surface area contributed by atoms with Crippen LogP contribution in [0.2, 0.25) is 5.02 Å². The summed E-state index contributed by atoms with van der Waals surface area (Å²) in [4.78, 5) is 23.6. The summed E-state index contributed by atoms with van der Waals surface area (Å²) < 4.78 is 5.77. The smallest absolute Gasteiger partial charge is 0.336 e. The van der Waals surface area contributed by atoms with Gasteiger partial charge in [0.25, 0.3) is 0 Å². The molecule has 0 radical (unpaired) electrons. The number of hydrogen-bond donors (Lipinski definition) is 2. The van der Waals surface area contributed by atoms with Crippen LogP contribution in [-0.4, -0.2) is 26.0 Å². The quantitative estimate of drug-likeness (QED) is 0.306. The molecule has 3 aromatic carbocycles. The Bertz CT molecular complexity index is 1500. The second-order valence-electron chi connectivity index (χ2n) is 7.53. The number of fused-ring (bicyclic) bond motifs is 1. The number of benzene rings is 3. The Morgan fingerprint density at radius 1 is 0.939 bits per heavy atom. The average molecular weight is 456 g/mol. The van der Waals surface area contributed by atoms with Crippen LogP contribution in [0.25, 0.3) is 33.5 Å². The molecular formula is C26H18ClN3O3. The number of nitrogens with one attached hydrogen (secondary N) is 1. The molecule has 0 aliphatic carbocycles. The summed E-state index contributed by atoms with van der Waals surface area (Å²) in [6, 6.07) is 24.8. The molecular weight excluding hydrogens is 438 g/mol. The highest BCUT2D eigenvalue weighted by Crippen LogP contribution is 2.36. The van der Waals surface area contributed by atoms with Gasteiger partial charge in [-0.15, -0.1) is 0 Å². The lowest BCUT2D eigenvalue weighted by Gasteiger charge is -2.10. The van der Waals surface area contributed by atoms with Crippen LogP contribution in [0, 0.1) is 6.92 Å². The fourth-order valence-corrected chi connectivity index (χ4v) is 3.95. The molecule has 162 valence electrons. The Morgan fingerprint density at radius 2 is 1.67 bits per heavy atom. The molecule has 33 heavy (non-hydrogen) atoms. The number of aryl methyl sites for hydroxylation is 1. The predicted octanol–water partition coefficient (Wildman–Crippen LogP) is 6.74. The van der Waals surface area contributed by atoms with E-state index < -0.39 is 5.97 Å². The number of aromatic carboxylic acids is 1. The lowest BCUT2D eigenvalue weighted by Crippen LogP contribution is -2.00. The molecule has 0 saturated carbocycles. The lowest BCUT2D eigenvalue weighted by molar-refractivity contribution is 0.0695. The molecule has 0 spiro atoms. The zero-order chi connectivity index (χ0) is 22.9. The molecule has 0 aliphatic heterocycles. The molecule has 7 heteroatoms. The Labute approximate surface area is 194 Å². The van der Waals surface area contributed by atoms with Crippen LogP contribution in [0.1, 0.15) is 15.9 Å². The van der Waals surface area contributed by atoms with E-state index in [0.717, 1.165) is 16.7 Å². The number of halogens is 1. The van der Waals surface area contributed by atoms with Crippen LogP contribution in [0.4, 0.5) is 0 Å². The number of carbonyl (C=O) groups is 1. The molecule has 6 nitrogen and oxygen atoms in total. The SMILES string of the molecule is Cc1ccc(Oc2nc3nc(-c4ccccc4-c4ccccc4)c(Cl)cc3[nH]2)cc1C(=O)O. The third-order valence-corrected chi connectivity index (χ3v) is 5.61. The number of ether oxygens (including phenoxy) is 1. The minimum absolute atomic E-state index is 0.171. The number of pyridine rings is 1. The van der Waals surface area contributed by atoms with Gasteiger partial charge in [0.15, 0.2) is 5.65 Å². The van der Waals surface area contributed by atoms with Crippen molar-refractivity contribution in [3.05, 3.63) is 95.0 Å². The fourth-order valence-electron chi connectivity index (χ4n) is 3.70. The van der Waals surface area contributed by atoms with Crippen LogP contribution in [0.15, 0.2) is 78.9 Å². The summed E-state index contributed by atoms with van der Waals surface area (Å²) in [5.41, 5.74) is 5.46. The Kier molecular flexibility index (Phi) is 5.28. The number of imidazole rings is 1. The maximum atomic E-state index is 11.4. The molecule has 0 unspecified atom stereocenters. The minimum atomic E-state index is -1.02. The number of aromatic amines is 1. The van der Waals surface area contributed by atoms with E-state index in [9.17, 15) is 9.90 Å². The highest BCUT2D eigenvalue weighted by atomic mass is 35.5. The van der Waals surface area contributed by atoms with Crippen molar-refractivity contribution in [1.29, 1.82) is 0 Å². The first-order chi connectivity index (χ1) is 16.0. The lowest BCUT2D eigenvalue weighted by atomic mass is 9.97. The monoisotopic (exact) mass is 455 g/mol. The fraction of sp³-hybridized carbons (Fsp3) is 0.0385. The summed E-state index contributed by atoms with van der Waals surface area (Å²) in [5, 5.41) is 9.82. The van der Waals surface area contributed by atoms with Crippen molar-refractivity contribution < 1.29 is 14.6 Å². The second-order valence-corrected chi connectivity index (χ2v) is 7.93. The van der Waals surface area contributed by atoms with E-state index in [1.807, 2.05) is 54.6 Å². The molecule has 5 aromatic rings. The van der Waals surface area contributed by atoms with Crippen molar-refractivity contribution in [2.24, 2.45) is 0 Å². The topological polar surface area (TPSA) is 88.1 Å². The van der Waals surface area contributed by atoms with E-state index in [4.69, 9.17) is 21.3 Å². The summed E-state index contributed by atoms with van der Waals surface area (Å²) in [6.45, 7) is 1.73. The van der Waals surface area contributed by atoms with Crippen LogP contribution in [-0.2, 0) is 0 Å². The van der Waals surface area contributed by atoms with Gasteiger partial charge in [-0.05, 0) is 41.8 Å². The van der Waals surface area contributed by atoms with Gasteiger partial charge in [-0.3, -0.25) is 0 Å². The number of hydrogen-bond acceptors (Lipinski definition) is 4. The molecule has 2 N–H and O–H groups in total. The summed E-state index contributed by atoms with van der Waals surface area (Å²) in [7, 11) is 0. The van der Waals surface area contributed by atoms with Crippen molar-refractivity contribution in [2.45, 2.75) is 6.92 Å². The van der Waals surface area contributed by atoms with Gasteiger partial charge < -0.3 is 14.8 Å². The number of carboxylic acids is 1. The third-order valence-electron chi connectivity index (χ3n) is 5.33. The Morgan fingerprint density at radius 3 is 2.42 bits per heavy atom. The van der Waals surface area contributed by atoms with E-state index in [-0.39, 0.29) is 11.6 Å². The Balaban J connectivity index is 1.54. The van der Waals surface area contributed by atoms with Gasteiger partial charge in [0.05, 0.1) is 21.8 Å². The van der Waals surface area contributed by atoms with Crippen LogP contribution >= 0.6 is 11.6 Å². The summed E-state index contributed by atoms with van der Waals surface area (Å²) in [6.07, 6.45) is 0. The van der Waals surface area contributed by atoms with Gasteiger partial charge >= 0.3 is 12.0 Å². The van der Waals surface area contributed by atoms with Crippen LogP contribution in [0.3, 0.4) is 0 Å². The predicted molar refractivity (Wildman–Crippen MR) is 128 cm³/mol. The zero-order valence-electron chi connectivity index (χ0n) is 17.5. The van der Waals surface area contributed by atoms with Crippen molar-refractivity contribution in [2.75, 3.05) is 0 Å². The van der Waals surface area contributed by atoms with Crippen molar-refractivity contribution in [3.63, 3.8) is 0 Å². The Hall–Kier alpha value is -4.16. The summed E-state index contributed by atoms with van der Waals surface area (Å²) >= 11 is 6.62. The van der Waals surface area contributed by atoms with Crippen LogP contribution in [0.5, 0.6) is 11.8 Å². The molecule has 0 saturated heterocycles. The normalized spacial score (nSPS) is 11.0. The highest BCUT2D eigenvalue weighted by Gasteiger charge is 2.16. The standard InChI is InChI=1S/C26H18ClN3O3/c1-15-11-12-17(13-20(15)25(31)32)33-26-28-22-14-21(27)23(29-24(22)30-26)19-10-6-5-9-18(19)16-7-3-2-4-8-16/h2-14H,1H3,(H,31,32)(H,28,29,30). The van der Waals surface area contributed by atoms with E-state index in [1.54, 1.807) is 25.1 Å². The average Bonchev–Trinajstić information content (AvgIpc) is 3.21. The summed E-state index contributed by atoms with van der Waals surface area (Å²) in [5.74, 6) is -0.657. The molecule has 0 atom stereocenters. The maximum absolute atomic E-state index is 11.4. The van der Waals surface area contributed by atoms with Gasteiger partial charge in [0.2, 0.25) is 0 Å². The van der Waals surface area contributed by atoms with E-state index in [2.05, 4.69) is 9.97 Å². The number of carboxylic acid groups (broad SMARTS) is 1. The number of rotatable bonds is 5. The maximum Gasteiger partial charge on any atom is 0.336 e. The first kappa shape index (κ1) is 20.7. The molecule has 2 aromatic heterocycles. The first-order valence-electron chi connectivity index (χ1n) is 10.2. The van der Waals surface area contributed by atoms with Crippen molar-refractivity contribution >= 4 is 28.7 Å². The molecule has 0 amide bonds. The van der Waals surface area contributed by atoms with Crippen molar-refractivity contribution in [1.82, 2.24) is 15.0 Å². The van der Waals surface area contributed by atoms with Gasteiger partial charge in [-0.2, -0.15) is 4.98 Å². The third kappa shape index (κ3) is 4.04. The molecule has 0 fully saturated rings. The number of H-pyrrole nitrogens is 1. The number of nitrogens with zero attached hydrogens (tertiary/aromatic N) is 2. The van der Waals surface area contributed by atoms with E-state index in [1.165, 1.54) is 6.07 Å². The van der Waals surface area contributed by atoms with Gasteiger partial charge in [-0.1, -0.05) is 72.3 Å². The highest BCUT2D eigenvalue weighted by molar-refractivity contribution is 6.33. The number of aromatic nitrogens is 3. The van der Waals surface area contributed by atoms with E-state index >= 15 is 0 Å². The van der Waals surface area contributed by atoms with Crippen LogP contribution < -0.4 is 4.74 Å².